The Labute approximate surface area is 147 Å². The summed E-state index contributed by atoms with van der Waals surface area (Å²) in [7, 11) is 2.88. The van der Waals surface area contributed by atoms with Gasteiger partial charge in [-0.25, -0.2) is 0 Å². The van der Waals surface area contributed by atoms with Crippen LogP contribution in [0.3, 0.4) is 0 Å². The highest BCUT2D eigenvalue weighted by atomic mass is 16.5. The number of carbonyl (C=O) groups is 2. The lowest BCUT2D eigenvalue weighted by molar-refractivity contribution is -0.142. The van der Waals surface area contributed by atoms with Crippen LogP contribution in [0.2, 0.25) is 0 Å². The van der Waals surface area contributed by atoms with Crippen LogP contribution in [0.15, 0.2) is 24.3 Å². The molecule has 0 bridgehead atoms. The standard InChI is InChI=1S/C18H25NO6/c1-22-15-7-3-4-8-16(15)25-13-17(20)19(10-9-18(21)23-2)12-14-6-5-11-24-14/h3-4,7-8,14H,5-6,9-13H2,1-2H3. The number of ether oxygens (including phenoxy) is 4. The number of carbonyl (C=O) groups excluding carboxylic acids is 2. The molecular weight excluding hydrogens is 326 g/mol. The van der Waals surface area contributed by atoms with Gasteiger partial charge in [0.2, 0.25) is 0 Å². The summed E-state index contributed by atoms with van der Waals surface area (Å²) >= 11 is 0. The van der Waals surface area contributed by atoms with Gasteiger partial charge in [0.15, 0.2) is 18.1 Å². The SMILES string of the molecule is COC(=O)CCN(CC1CCCO1)C(=O)COc1ccccc1OC. The molecule has 1 heterocycles. The molecule has 1 aromatic carbocycles. The molecule has 1 aliphatic heterocycles. The molecule has 0 N–H and O–H groups in total. The molecule has 138 valence electrons. The predicted molar refractivity (Wildman–Crippen MR) is 90.7 cm³/mol. The van der Waals surface area contributed by atoms with Crippen LogP contribution in [0.5, 0.6) is 11.5 Å². The van der Waals surface area contributed by atoms with Gasteiger partial charge in [-0.15, -0.1) is 0 Å². The van der Waals surface area contributed by atoms with Crippen molar-refractivity contribution in [3.05, 3.63) is 24.3 Å². The number of amides is 1. The Morgan fingerprint density at radius 3 is 2.64 bits per heavy atom. The van der Waals surface area contributed by atoms with Crippen LogP contribution in [-0.2, 0) is 19.1 Å². The molecule has 7 heteroatoms. The zero-order valence-corrected chi connectivity index (χ0v) is 14.7. The first-order valence-electron chi connectivity index (χ1n) is 8.36. The first-order chi connectivity index (χ1) is 12.1. The van der Waals surface area contributed by atoms with Gasteiger partial charge in [0.25, 0.3) is 5.91 Å². The molecular formula is C18H25NO6. The van der Waals surface area contributed by atoms with E-state index in [1.165, 1.54) is 7.11 Å². The van der Waals surface area contributed by atoms with Crippen molar-refractivity contribution in [1.82, 2.24) is 4.90 Å². The molecule has 0 aliphatic carbocycles. The Hall–Kier alpha value is -2.28. The van der Waals surface area contributed by atoms with Crippen molar-refractivity contribution in [2.45, 2.75) is 25.4 Å². The van der Waals surface area contributed by atoms with E-state index in [1.807, 2.05) is 12.1 Å². The molecule has 0 saturated carbocycles. The van der Waals surface area contributed by atoms with Crippen LogP contribution < -0.4 is 9.47 Å². The largest absolute Gasteiger partial charge is 0.493 e. The topological polar surface area (TPSA) is 74.3 Å². The van der Waals surface area contributed by atoms with Crippen molar-refractivity contribution < 1.29 is 28.5 Å². The Balaban J connectivity index is 1.94. The van der Waals surface area contributed by atoms with Crippen molar-refractivity contribution in [2.75, 3.05) is 40.5 Å². The van der Waals surface area contributed by atoms with E-state index < -0.39 is 0 Å². The number of hydrogen-bond donors (Lipinski definition) is 0. The number of nitrogens with zero attached hydrogens (tertiary/aromatic N) is 1. The molecule has 1 fully saturated rings. The number of para-hydroxylation sites is 2. The number of methoxy groups -OCH3 is 2. The van der Waals surface area contributed by atoms with Gasteiger partial charge >= 0.3 is 5.97 Å². The van der Waals surface area contributed by atoms with Crippen molar-refractivity contribution in [3.63, 3.8) is 0 Å². The fourth-order valence-electron chi connectivity index (χ4n) is 2.65. The van der Waals surface area contributed by atoms with E-state index in [-0.39, 0.29) is 37.6 Å². The summed E-state index contributed by atoms with van der Waals surface area (Å²) in [5.74, 6) is 0.514. The first kappa shape index (κ1) is 19.1. The normalized spacial score (nSPS) is 16.3. The highest BCUT2D eigenvalue weighted by molar-refractivity contribution is 5.78. The fourth-order valence-corrected chi connectivity index (χ4v) is 2.65. The number of benzene rings is 1. The minimum atomic E-state index is -0.351. The van der Waals surface area contributed by atoms with Gasteiger partial charge in [0.1, 0.15) is 0 Å². The smallest absolute Gasteiger partial charge is 0.307 e. The van der Waals surface area contributed by atoms with Crippen LogP contribution in [-0.4, -0.2) is 63.4 Å². The van der Waals surface area contributed by atoms with Gasteiger partial charge in [0, 0.05) is 19.7 Å². The summed E-state index contributed by atoms with van der Waals surface area (Å²) in [5.41, 5.74) is 0. The van der Waals surface area contributed by atoms with Crippen molar-refractivity contribution in [3.8, 4) is 11.5 Å². The lowest BCUT2D eigenvalue weighted by Crippen LogP contribution is -2.41. The van der Waals surface area contributed by atoms with Crippen molar-refractivity contribution in [2.24, 2.45) is 0 Å². The Bertz CT molecular complexity index is 570. The molecule has 0 aromatic heterocycles. The molecule has 7 nitrogen and oxygen atoms in total. The minimum Gasteiger partial charge on any atom is -0.493 e. The van der Waals surface area contributed by atoms with E-state index >= 15 is 0 Å². The molecule has 1 atom stereocenters. The second-order valence-corrected chi connectivity index (χ2v) is 5.74. The third kappa shape index (κ3) is 5.94. The lowest BCUT2D eigenvalue weighted by atomic mass is 10.2. The fraction of sp³-hybridized carbons (Fsp3) is 0.556. The average molecular weight is 351 g/mol. The van der Waals surface area contributed by atoms with E-state index in [2.05, 4.69) is 4.74 Å². The molecule has 1 amide bonds. The molecule has 25 heavy (non-hydrogen) atoms. The van der Waals surface area contributed by atoms with E-state index in [0.29, 0.717) is 24.7 Å². The summed E-state index contributed by atoms with van der Waals surface area (Å²) in [6.07, 6.45) is 2.05. The van der Waals surface area contributed by atoms with Crippen LogP contribution in [0, 0.1) is 0 Å². The summed E-state index contributed by atoms with van der Waals surface area (Å²) in [6, 6.07) is 7.14. The zero-order chi connectivity index (χ0) is 18.1. The minimum absolute atomic E-state index is 0.00728. The Morgan fingerprint density at radius 2 is 2.00 bits per heavy atom. The zero-order valence-electron chi connectivity index (χ0n) is 14.7. The molecule has 1 saturated heterocycles. The van der Waals surface area contributed by atoms with Gasteiger partial charge in [-0.2, -0.15) is 0 Å². The van der Waals surface area contributed by atoms with Crippen LogP contribution in [0.25, 0.3) is 0 Å². The predicted octanol–water partition coefficient (Wildman–Crippen LogP) is 1.64. The number of rotatable bonds is 9. The van der Waals surface area contributed by atoms with E-state index in [9.17, 15) is 9.59 Å². The highest BCUT2D eigenvalue weighted by Crippen LogP contribution is 2.25. The Morgan fingerprint density at radius 1 is 1.24 bits per heavy atom. The van der Waals surface area contributed by atoms with Gasteiger partial charge in [0.05, 0.1) is 26.7 Å². The maximum atomic E-state index is 12.6. The summed E-state index contributed by atoms with van der Waals surface area (Å²) in [5, 5.41) is 0. The molecule has 0 spiro atoms. The van der Waals surface area contributed by atoms with Gasteiger partial charge in [-0.1, -0.05) is 12.1 Å². The van der Waals surface area contributed by atoms with Crippen molar-refractivity contribution >= 4 is 11.9 Å². The second-order valence-electron chi connectivity index (χ2n) is 5.74. The maximum Gasteiger partial charge on any atom is 0.307 e. The summed E-state index contributed by atoms with van der Waals surface area (Å²) in [4.78, 5) is 25.6. The molecule has 1 aromatic rings. The van der Waals surface area contributed by atoms with Crippen molar-refractivity contribution in [1.29, 1.82) is 0 Å². The van der Waals surface area contributed by atoms with Gasteiger partial charge in [-0.3, -0.25) is 9.59 Å². The number of hydrogen-bond acceptors (Lipinski definition) is 6. The third-order valence-electron chi connectivity index (χ3n) is 4.03. The monoisotopic (exact) mass is 351 g/mol. The molecule has 0 radical (unpaired) electrons. The maximum absolute atomic E-state index is 12.6. The number of esters is 1. The molecule has 1 aliphatic rings. The van der Waals surface area contributed by atoms with E-state index in [4.69, 9.17) is 14.2 Å². The van der Waals surface area contributed by atoms with Crippen LogP contribution >= 0.6 is 0 Å². The van der Waals surface area contributed by atoms with Crippen LogP contribution in [0.4, 0.5) is 0 Å². The first-order valence-corrected chi connectivity index (χ1v) is 8.36. The lowest BCUT2D eigenvalue weighted by Gasteiger charge is -2.25. The average Bonchev–Trinajstić information content (AvgIpc) is 3.16. The van der Waals surface area contributed by atoms with Gasteiger partial charge in [-0.05, 0) is 25.0 Å². The van der Waals surface area contributed by atoms with Crippen LogP contribution in [0.1, 0.15) is 19.3 Å². The van der Waals surface area contributed by atoms with E-state index in [0.717, 1.165) is 12.8 Å². The van der Waals surface area contributed by atoms with E-state index in [1.54, 1.807) is 24.1 Å². The third-order valence-corrected chi connectivity index (χ3v) is 4.03. The summed E-state index contributed by atoms with van der Waals surface area (Å²) in [6.45, 7) is 1.31. The Kier molecular flexibility index (Phi) is 7.53. The quantitative estimate of drug-likeness (QED) is 0.630. The summed E-state index contributed by atoms with van der Waals surface area (Å²) < 4.78 is 21.1. The highest BCUT2D eigenvalue weighted by Gasteiger charge is 2.23. The molecule has 1 unspecified atom stereocenters. The van der Waals surface area contributed by atoms with Gasteiger partial charge < -0.3 is 23.8 Å². The second kappa shape index (κ2) is 9.88. The molecule has 2 rings (SSSR count).